The van der Waals surface area contributed by atoms with Crippen molar-refractivity contribution in [2.24, 2.45) is 0 Å². The number of ether oxygens (including phenoxy) is 1. The van der Waals surface area contributed by atoms with Crippen LogP contribution >= 0.6 is 11.6 Å². The number of hydrogen-bond donors (Lipinski definition) is 1. The molecule has 0 bridgehead atoms. The summed E-state index contributed by atoms with van der Waals surface area (Å²) < 4.78 is 32.9. The number of carbonyl (C=O) groups is 2. The minimum Gasteiger partial charge on any atom is -0.462 e. The number of aryl methyl sites for hydroxylation is 2. The van der Waals surface area contributed by atoms with Gasteiger partial charge in [-0.15, -0.1) is 0 Å². The SMILES string of the molecule is CCOC(=O)c1ccc(NC(=O)CN(c2ccc(C)c(Cl)c2)S(=O)(=O)c2ccc(C)cc2)cc1. The van der Waals surface area contributed by atoms with Crippen LogP contribution in [0.2, 0.25) is 5.02 Å². The van der Waals surface area contributed by atoms with Gasteiger partial charge in [-0.3, -0.25) is 9.10 Å². The van der Waals surface area contributed by atoms with Crippen molar-refractivity contribution in [2.45, 2.75) is 25.7 Å². The van der Waals surface area contributed by atoms with E-state index in [1.54, 1.807) is 50.2 Å². The van der Waals surface area contributed by atoms with E-state index >= 15 is 0 Å². The molecule has 34 heavy (non-hydrogen) atoms. The molecule has 7 nitrogen and oxygen atoms in total. The number of hydrogen-bond acceptors (Lipinski definition) is 5. The van der Waals surface area contributed by atoms with E-state index in [1.807, 2.05) is 6.92 Å². The summed E-state index contributed by atoms with van der Waals surface area (Å²) in [5.41, 5.74) is 2.71. The van der Waals surface area contributed by atoms with Crippen molar-refractivity contribution in [2.75, 3.05) is 22.8 Å². The van der Waals surface area contributed by atoms with Crippen LogP contribution in [0.15, 0.2) is 71.6 Å². The summed E-state index contributed by atoms with van der Waals surface area (Å²) in [6, 6.07) is 17.3. The van der Waals surface area contributed by atoms with Gasteiger partial charge in [-0.25, -0.2) is 13.2 Å². The van der Waals surface area contributed by atoms with E-state index in [2.05, 4.69) is 5.32 Å². The van der Waals surface area contributed by atoms with Crippen LogP contribution in [0.1, 0.15) is 28.4 Å². The van der Waals surface area contributed by atoms with Gasteiger partial charge >= 0.3 is 5.97 Å². The molecule has 0 spiro atoms. The highest BCUT2D eigenvalue weighted by molar-refractivity contribution is 7.92. The lowest BCUT2D eigenvalue weighted by Crippen LogP contribution is -2.38. The number of carbonyl (C=O) groups excluding carboxylic acids is 2. The Kier molecular flexibility index (Phi) is 7.96. The molecule has 0 radical (unpaired) electrons. The first-order valence-electron chi connectivity index (χ1n) is 10.5. The van der Waals surface area contributed by atoms with Crippen molar-refractivity contribution >= 4 is 44.9 Å². The number of nitrogens with one attached hydrogen (secondary N) is 1. The van der Waals surface area contributed by atoms with Crippen molar-refractivity contribution in [1.29, 1.82) is 0 Å². The molecule has 178 valence electrons. The summed E-state index contributed by atoms with van der Waals surface area (Å²) in [5.74, 6) is -1.02. The quantitative estimate of drug-likeness (QED) is 0.441. The van der Waals surface area contributed by atoms with Crippen LogP contribution in [0.3, 0.4) is 0 Å². The first-order valence-corrected chi connectivity index (χ1v) is 12.4. The minimum absolute atomic E-state index is 0.0568. The highest BCUT2D eigenvalue weighted by Gasteiger charge is 2.27. The predicted octanol–water partition coefficient (Wildman–Crippen LogP) is 4.97. The van der Waals surface area contributed by atoms with Crippen LogP contribution in [0.4, 0.5) is 11.4 Å². The van der Waals surface area contributed by atoms with Crippen LogP contribution < -0.4 is 9.62 Å². The van der Waals surface area contributed by atoms with Gasteiger partial charge < -0.3 is 10.1 Å². The van der Waals surface area contributed by atoms with Crippen molar-refractivity contribution in [1.82, 2.24) is 0 Å². The molecule has 0 atom stereocenters. The Labute approximate surface area is 204 Å². The number of halogens is 1. The van der Waals surface area contributed by atoms with Gasteiger partial charge in [0, 0.05) is 10.7 Å². The van der Waals surface area contributed by atoms with Crippen LogP contribution in [0, 0.1) is 13.8 Å². The van der Waals surface area contributed by atoms with E-state index in [4.69, 9.17) is 16.3 Å². The number of amides is 1. The van der Waals surface area contributed by atoms with Gasteiger partial charge in [-0.2, -0.15) is 0 Å². The smallest absolute Gasteiger partial charge is 0.338 e. The Morgan fingerprint density at radius 2 is 1.62 bits per heavy atom. The molecule has 0 aliphatic heterocycles. The third kappa shape index (κ3) is 5.95. The van der Waals surface area contributed by atoms with E-state index in [0.717, 1.165) is 15.4 Å². The van der Waals surface area contributed by atoms with Gasteiger partial charge in [0.1, 0.15) is 6.54 Å². The second-order valence-corrected chi connectivity index (χ2v) is 9.87. The fourth-order valence-electron chi connectivity index (χ4n) is 3.12. The van der Waals surface area contributed by atoms with Gasteiger partial charge in [-0.1, -0.05) is 35.4 Å². The minimum atomic E-state index is -4.06. The molecule has 0 heterocycles. The van der Waals surface area contributed by atoms with Crippen LogP contribution in [0.5, 0.6) is 0 Å². The average molecular weight is 501 g/mol. The molecular weight excluding hydrogens is 476 g/mol. The van der Waals surface area contributed by atoms with Crippen molar-refractivity contribution in [3.05, 3.63) is 88.4 Å². The fraction of sp³-hybridized carbons (Fsp3) is 0.200. The van der Waals surface area contributed by atoms with Gasteiger partial charge in [-0.05, 0) is 74.9 Å². The van der Waals surface area contributed by atoms with Gasteiger partial charge in [0.2, 0.25) is 5.91 Å². The molecule has 3 aromatic carbocycles. The van der Waals surface area contributed by atoms with E-state index in [1.165, 1.54) is 30.3 Å². The molecule has 0 fully saturated rings. The predicted molar refractivity (Wildman–Crippen MR) is 133 cm³/mol. The molecule has 0 aliphatic carbocycles. The zero-order valence-corrected chi connectivity index (χ0v) is 20.6. The molecule has 0 saturated carbocycles. The average Bonchev–Trinajstić information content (AvgIpc) is 2.80. The first kappa shape index (κ1) is 25.3. The molecular formula is C25H25ClN2O5S. The topological polar surface area (TPSA) is 92.8 Å². The Morgan fingerprint density at radius 1 is 0.971 bits per heavy atom. The zero-order chi connectivity index (χ0) is 24.9. The van der Waals surface area contributed by atoms with Crippen molar-refractivity contribution < 1.29 is 22.7 Å². The number of nitrogens with zero attached hydrogens (tertiary/aromatic N) is 1. The number of esters is 1. The molecule has 0 saturated heterocycles. The van der Waals surface area contributed by atoms with E-state index in [9.17, 15) is 18.0 Å². The molecule has 0 aliphatic rings. The summed E-state index contributed by atoms with van der Waals surface area (Å²) in [5, 5.41) is 3.05. The molecule has 0 unspecified atom stereocenters. The number of rotatable bonds is 8. The maximum Gasteiger partial charge on any atom is 0.338 e. The molecule has 3 rings (SSSR count). The second-order valence-electron chi connectivity index (χ2n) is 7.60. The Morgan fingerprint density at radius 3 is 2.21 bits per heavy atom. The zero-order valence-electron chi connectivity index (χ0n) is 19.0. The third-order valence-electron chi connectivity index (χ3n) is 5.02. The lowest BCUT2D eigenvalue weighted by molar-refractivity contribution is -0.114. The first-order chi connectivity index (χ1) is 16.1. The lowest BCUT2D eigenvalue weighted by atomic mass is 10.2. The number of benzene rings is 3. The molecule has 9 heteroatoms. The van der Waals surface area contributed by atoms with Crippen LogP contribution in [0.25, 0.3) is 0 Å². The highest BCUT2D eigenvalue weighted by atomic mass is 35.5. The van der Waals surface area contributed by atoms with Gasteiger partial charge in [0.25, 0.3) is 10.0 Å². The lowest BCUT2D eigenvalue weighted by Gasteiger charge is -2.24. The summed E-state index contributed by atoms with van der Waals surface area (Å²) >= 11 is 6.24. The second kappa shape index (κ2) is 10.7. The number of anilines is 2. The van der Waals surface area contributed by atoms with Crippen molar-refractivity contribution in [3.63, 3.8) is 0 Å². The molecule has 1 N–H and O–H groups in total. The highest BCUT2D eigenvalue weighted by Crippen LogP contribution is 2.28. The van der Waals surface area contributed by atoms with E-state index in [0.29, 0.717) is 16.3 Å². The maximum absolute atomic E-state index is 13.5. The Bertz CT molecular complexity index is 1290. The van der Waals surface area contributed by atoms with Gasteiger partial charge in [0.15, 0.2) is 0 Å². The fourth-order valence-corrected chi connectivity index (χ4v) is 4.71. The normalized spacial score (nSPS) is 11.1. The summed E-state index contributed by atoms with van der Waals surface area (Å²) in [4.78, 5) is 24.7. The van der Waals surface area contributed by atoms with Crippen LogP contribution in [-0.4, -0.2) is 33.4 Å². The summed E-state index contributed by atoms with van der Waals surface area (Å²) in [6.45, 7) is 5.15. The molecule has 0 aromatic heterocycles. The van der Waals surface area contributed by atoms with Gasteiger partial charge in [0.05, 0.1) is 22.8 Å². The Balaban J connectivity index is 1.88. The van der Waals surface area contributed by atoms with E-state index < -0.39 is 28.4 Å². The molecule has 3 aromatic rings. The monoisotopic (exact) mass is 500 g/mol. The standard InChI is InChI=1S/C25H25ClN2O5S/c1-4-33-25(30)19-8-10-20(11-9-19)27-24(29)16-28(21-12-7-18(3)23(26)15-21)34(31,32)22-13-5-17(2)6-14-22/h5-15H,4,16H2,1-3H3,(H,27,29). The number of sulfonamides is 1. The Hall–Kier alpha value is -3.36. The summed E-state index contributed by atoms with van der Waals surface area (Å²) in [6.07, 6.45) is 0. The molecule has 1 amide bonds. The third-order valence-corrected chi connectivity index (χ3v) is 7.21. The van der Waals surface area contributed by atoms with E-state index in [-0.39, 0.29) is 17.2 Å². The van der Waals surface area contributed by atoms with Crippen molar-refractivity contribution in [3.8, 4) is 0 Å². The maximum atomic E-state index is 13.5. The summed E-state index contributed by atoms with van der Waals surface area (Å²) in [7, 11) is -4.06. The van der Waals surface area contributed by atoms with Crippen LogP contribution in [-0.2, 0) is 19.6 Å². The largest absolute Gasteiger partial charge is 0.462 e.